The van der Waals surface area contributed by atoms with Crippen molar-refractivity contribution in [2.75, 3.05) is 14.2 Å². The maximum Gasteiger partial charge on any atom is 0.331 e. The smallest absolute Gasteiger partial charge is 0.331 e. The lowest BCUT2D eigenvalue weighted by Gasteiger charge is -2.10. The van der Waals surface area contributed by atoms with Gasteiger partial charge in [0.1, 0.15) is 24.7 Å². The number of hydrogen-bond donors (Lipinski definition) is 0. The second kappa shape index (κ2) is 9.39. The molecule has 3 aromatic rings. The van der Waals surface area contributed by atoms with Crippen molar-refractivity contribution in [1.29, 1.82) is 5.26 Å². The van der Waals surface area contributed by atoms with Gasteiger partial charge in [0, 0.05) is 11.6 Å². The van der Waals surface area contributed by atoms with Crippen LogP contribution in [0.3, 0.4) is 0 Å². The maximum absolute atomic E-state index is 12.6. The van der Waals surface area contributed by atoms with Crippen molar-refractivity contribution in [1.82, 2.24) is 9.55 Å². The van der Waals surface area contributed by atoms with Crippen LogP contribution < -0.4 is 15.0 Å². The van der Waals surface area contributed by atoms with Gasteiger partial charge in [-0.1, -0.05) is 12.1 Å². The van der Waals surface area contributed by atoms with Crippen LogP contribution in [0.1, 0.15) is 11.4 Å². The molecule has 0 bridgehead atoms. The Morgan fingerprint density at radius 3 is 2.73 bits per heavy atom. The molecule has 3 rings (SSSR count). The molecule has 1 heterocycles. The van der Waals surface area contributed by atoms with Crippen molar-refractivity contribution in [3.63, 3.8) is 0 Å². The molecule has 8 nitrogen and oxygen atoms in total. The molecular formula is C22H19N3O5. The summed E-state index contributed by atoms with van der Waals surface area (Å²) in [6.07, 6.45) is 2.78. The molecular weight excluding hydrogens is 386 g/mol. The molecule has 0 atom stereocenters. The number of aromatic nitrogens is 2. The van der Waals surface area contributed by atoms with Gasteiger partial charge in [0.2, 0.25) is 0 Å². The van der Waals surface area contributed by atoms with Crippen molar-refractivity contribution >= 4 is 22.9 Å². The van der Waals surface area contributed by atoms with E-state index in [0.717, 1.165) is 0 Å². The van der Waals surface area contributed by atoms with Crippen LogP contribution in [0.4, 0.5) is 0 Å². The quantitative estimate of drug-likeness (QED) is 0.440. The third kappa shape index (κ3) is 4.47. The van der Waals surface area contributed by atoms with Gasteiger partial charge in [-0.25, -0.2) is 9.78 Å². The third-order valence-electron chi connectivity index (χ3n) is 4.35. The van der Waals surface area contributed by atoms with Gasteiger partial charge in [0.15, 0.2) is 5.82 Å². The molecule has 0 aliphatic carbocycles. The van der Waals surface area contributed by atoms with E-state index in [-0.39, 0.29) is 24.5 Å². The number of rotatable bonds is 7. The Morgan fingerprint density at radius 1 is 1.20 bits per heavy atom. The van der Waals surface area contributed by atoms with Crippen molar-refractivity contribution < 1.29 is 19.0 Å². The molecule has 2 aromatic carbocycles. The Labute approximate surface area is 172 Å². The number of carbonyl (C=O) groups is 1. The van der Waals surface area contributed by atoms with Crippen LogP contribution in [0.15, 0.2) is 53.3 Å². The van der Waals surface area contributed by atoms with Crippen LogP contribution in [0.2, 0.25) is 0 Å². The predicted octanol–water partition coefficient (Wildman–Crippen LogP) is 2.69. The molecule has 0 radical (unpaired) electrons. The van der Waals surface area contributed by atoms with E-state index in [1.165, 1.54) is 17.8 Å². The standard InChI is InChI=1S/C22H19N3O5/c1-28-16-8-9-19(29-2)15(13-16)7-10-21(26)30-14-20-24-18-6-4-3-5-17(18)22(27)25(20)12-11-23/h3-10,13H,12,14H2,1-2H3/b10-7+. The Balaban J connectivity index is 1.80. The van der Waals surface area contributed by atoms with E-state index in [1.807, 2.05) is 6.07 Å². The minimum atomic E-state index is -0.634. The second-order valence-electron chi connectivity index (χ2n) is 6.14. The zero-order valence-electron chi connectivity index (χ0n) is 16.5. The average Bonchev–Trinajstić information content (AvgIpc) is 2.78. The van der Waals surface area contributed by atoms with Gasteiger partial charge in [-0.05, 0) is 36.4 Å². The number of para-hydroxylation sites is 1. The van der Waals surface area contributed by atoms with Crippen molar-refractivity contribution in [3.8, 4) is 17.6 Å². The Morgan fingerprint density at radius 2 is 2.00 bits per heavy atom. The molecule has 0 fully saturated rings. The summed E-state index contributed by atoms with van der Waals surface area (Å²) in [6.45, 7) is -0.444. The van der Waals surface area contributed by atoms with Gasteiger partial charge in [-0.15, -0.1) is 0 Å². The zero-order chi connectivity index (χ0) is 21.5. The van der Waals surface area contributed by atoms with E-state index in [1.54, 1.807) is 55.7 Å². The zero-order valence-corrected chi connectivity index (χ0v) is 16.5. The molecule has 0 N–H and O–H groups in total. The van der Waals surface area contributed by atoms with Crippen molar-refractivity contribution in [2.45, 2.75) is 13.2 Å². The van der Waals surface area contributed by atoms with Crippen molar-refractivity contribution in [3.05, 3.63) is 70.3 Å². The molecule has 0 aliphatic heterocycles. The highest BCUT2D eigenvalue weighted by Crippen LogP contribution is 2.25. The highest BCUT2D eigenvalue weighted by atomic mass is 16.5. The van der Waals surface area contributed by atoms with E-state index >= 15 is 0 Å². The summed E-state index contributed by atoms with van der Waals surface area (Å²) in [5, 5.41) is 9.44. The summed E-state index contributed by atoms with van der Waals surface area (Å²) >= 11 is 0. The number of carbonyl (C=O) groups excluding carboxylic acids is 1. The highest BCUT2D eigenvalue weighted by molar-refractivity contribution is 5.87. The molecule has 0 amide bonds. The molecule has 0 saturated heterocycles. The van der Waals surface area contributed by atoms with E-state index < -0.39 is 5.97 Å². The number of hydrogen-bond acceptors (Lipinski definition) is 7. The topological polar surface area (TPSA) is 103 Å². The van der Waals surface area contributed by atoms with Gasteiger partial charge >= 0.3 is 5.97 Å². The predicted molar refractivity (Wildman–Crippen MR) is 110 cm³/mol. The molecule has 0 saturated carbocycles. The number of ether oxygens (including phenoxy) is 3. The van der Waals surface area contributed by atoms with E-state index in [9.17, 15) is 9.59 Å². The van der Waals surface area contributed by atoms with Gasteiger partial charge in [0.25, 0.3) is 5.56 Å². The highest BCUT2D eigenvalue weighted by Gasteiger charge is 2.12. The number of nitriles is 1. The van der Waals surface area contributed by atoms with Crippen LogP contribution in [0, 0.1) is 11.3 Å². The summed E-state index contributed by atoms with van der Waals surface area (Å²) in [5.74, 6) is 0.746. The van der Waals surface area contributed by atoms with E-state index in [2.05, 4.69) is 4.98 Å². The molecule has 0 unspecified atom stereocenters. The van der Waals surface area contributed by atoms with Gasteiger partial charge in [0.05, 0.1) is 31.2 Å². The number of benzene rings is 2. The fourth-order valence-corrected chi connectivity index (χ4v) is 2.87. The molecule has 0 aliphatic rings. The first kappa shape index (κ1) is 20.6. The number of esters is 1. The summed E-state index contributed by atoms with van der Waals surface area (Å²) < 4.78 is 16.9. The van der Waals surface area contributed by atoms with Crippen LogP contribution >= 0.6 is 0 Å². The van der Waals surface area contributed by atoms with Crippen LogP contribution in [0.25, 0.3) is 17.0 Å². The largest absolute Gasteiger partial charge is 0.497 e. The minimum Gasteiger partial charge on any atom is -0.497 e. The maximum atomic E-state index is 12.6. The summed E-state index contributed by atoms with van der Waals surface area (Å²) in [5.41, 5.74) is 0.753. The Kier molecular flexibility index (Phi) is 6.45. The van der Waals surface area contributed by atoms with Crippen molar-refractivity contribution in [2.24, 2.45) is 0 Å². The molecule has 1 aromatic heterocycles. The average molecular weight is 405 g/mol. The summed E-state index contributed by atoms with van der Waals surface area (Å²) in [6, 6.07) is 13.9. The lowest BCUT2D eigenvalue weighted by atomic mass is 10.1. The summed E-state index contributed by atoms with van der Waals surface area (Å²) in [4.78, 5) is 29.2. The lowest BCUT2D eigenvalue weighted by molar-refractivity contribution is -0.139. The number of fused-ring (bicyclic) bond motifs is 1. The van der Waals surface area contributed by atoms with Crippen LogP contribution in [-0.4, -0.2) is 29.7 Å². The Bertz CT molecular complexity index is 1210. The number of methoxy groups -OCH3 is 2. The monoisotopic (exact) mass is 405 g/mol. The number of nitrogens with zero attached hydrogens (tertiary/aromatic N) is 3. The van der Waals surface area contributed by atoms with Crippen LogP contribution in [0.5, 0.6) is 11.5 Å². The third-order valence-corrected chi connectivity index (χ3v) is 4.35. The van der Waals surface area contributed by atoms with Gasteiger partial charge in [-0.3, -0.25) is 9.36 Å². The summed E-state index contributed by atoms with van der Waals surface area (Å²) in [7, 11) is 3.07. The first-order valence-electron chi connectivity index (χ1n) is 8.99. The molecule has 8 heteroatoms. The Hall–Kier alpha value is -4.12. The fourth-order valence-electron chi connectivity index (χ4n) is 2.87. The van der Waals surface area contributed by atoms with Gasteiger partial charge in [-0.2, -0.15) is 5.26 Å². The van der Waals surface area contributed by atoms with E-state index in [0.29, 0.717) is 28.0 Å². The molecule has 152 valence electrons. The van der Waals surface area contributed by atoms with E-state index in [4.69, 9.17) is 19.5 Å². The second-order valence-corrected chi connectivity index (χ2v) is 6.14. The first-order chi connectivity index (χ1) is 14.6. The first-order valence-corrected chi connectivity index (χ1v) is 8.99. The lowest BCUT2D eigenvalue weighted by Crippen LogP contribution is -2.26. The van der Waals surface area contributed by atoms with Crippen LogP contribution in [-0.2, 0) is 22.7 Å². The molecule has 30 heavy (non-hydrogen) atoms. The fraction of sp³-hybridized carbons (Fsp3) is 0.182. The van der Waals surface area contributed by atoms with Gasteiger partial charge < -0.3 is 14.2 Å². The minimum absolute atomic E-state index is 0.194. The SMILES string of the molecule is COc1ccc(OC)c(/C=C/C(=O)OCc2nc3ccccc3c(=O)n2CC#N)c1. The molecule has 0 spiro atoms. The normalized spacial score (nSPS) is 10.7.